The molecule has 1 amide bonds. The summed E-state index contributed by atoms with van der Waals surface area (Å²) in [5.74, 6) is 1.33. The van der Waals surface area contributed by atoms with Gasteiger partial charge >= 0.3 is 0 Å². The molecule has 1 aliphatic carbocycles. The largest absolute Gasteiger partial charge is 0.497 e. The molecule has 1 aromatic heterocycles. The fourth-order valence-electron chi connectivity index (χ4n) is 2.11. The van der Waals surface area contributed by atoms with Gasteiger partial charge in [-0.1, -0.05) is 12.1 Å². The van der Waals surface area contributed by atoms with Crippen LogP contribution in [0.4, 0.5) is 0 Å². The van der Waals surface area contributed by atoms with Gasteiger partial charge in [0, 0.05) is 12.1 Å². The highest BCUT2D eigenvalue weighted by molar-refractivity contribution is 5.99. The molecule has 2 N–H and O–H groups in total. The van der Waals surface area contributed by atoms with E-state index in [0.29, 0.717) is 11.5 Å². The summed E-state index contributed by atoms with van der Waals surface area (Å²) in [5.41, 5.74) is 2.18. The molecule has 1 aromatic carbocycles. The van der Waals surface area contributed by atoms with Crippen molar-refractivity contribution in [1.82, 2.24) is 15.5 Å². The van der Waals surface area contributed by atoms with Gasteiger partial charge in [0.1, 0.15) is 5.75 Å². The molecule has 1 heterocycles. The Morgan fingerprint density at radius 3 is 3.10 bits per heavy atom. The lowest BCUT2D eigenvalue weighted by atomic mass is 10.1. The van der Waals surface area contributed by atoms with E-state index in [1.54, 1.807) is 13.3 Å². The summed E-state index contributed by atoms with van der Waals surface area (Å²) in [6.45, 7) is 0.752. The molecule has 0 saturated heterocycles. The standard InChI is InChI=1S/C15H17N3O2/c1-20-12-4-2-3-11(7-12)14-13(9-17-18-14)15(19)16-8-10-5-6-10/h2-4,7,9-10H,5-6,8H2,1H3,(H,16,19)(H,17,18). The molecule has 0 radical (unpaired) electrons. The lowest BCUT2D eigenvalue weighted by molar-refractivity contribution is 0.0952. The number of H-pyrrole nitrogens is 1. The van der Waals surface area contributed by atoms with E-state index in [0.717, 1.165) is 23.6 Å². The molecule has 1 saturated carbocycles. The first kappa shape index (κ1) is 12.7. The third kappa shape index (κ3) is 2.66. The number of methoxy groups -OCH3 is 1. The molecule has 1 aliphatic rings. The Bertz CT molecular complexity index is 617. The normalized spacial score (nSPS) is 14.1. The average Bonchev–Trinajstić information content (AvgIpc) is 3.19. The third-order valence-electron chi connectivity index (χ3n) is 3.49. The molecule has 0 atom stereocenters. The van der Waals surface area contributed by atoms with Crippen molar-refractivity contribution in [2.24, 2.45) is 5.92 Å². The summed E-state index contributed by atoms with van der Waals surface area (Å²) in [7, 11) is 1.62. The maximum atomic E-state index is 12.2. The van der Waals surface area contributed by atoms with Gasteiger partial charge in [-0.05, 0) is 30.9 Å². The van der Waals surface area contributed by atoms with Gasteiger partial charge in [0.05, 0.1) is 24.6 Å². The number of amides is 1. The lowest BCUT2D eigenvalue weighted by Crippen LogP contribution is -2.25. The molecule has 0 spiro atoms. The summed E-state index contributed by atoms with van der Waals surface area (Å²) in [6.07, 6.45) is 4.00. The van der Waals surface area contributed by atoms with Crippen LogP contribution in [0.1, 0.15) is 23.2 Å². The average molecular weight is 271 g/mol. The van der Waals surface area contributed by atoms with Crippen molar-refractivity contribution in [3.05, 3.63) is 36.0 Å². The number of aromatic amines is 1. The fourth-order valence-corrected chi connectivity index (χ4v) is 2.11. The van der Waals surface area contributed by atoms with E-state index in [4.69, 9.17) is 4.74 Å². The van der Waals surface area contributed by atoms with E-state index in [9.17, 15) is 4.79 Å². The van der Waals surface area contributed by atoms with E-state index < -0.39 is 0 Å². The van der Waals surface area contributed by atoms with Crippen molar-refractivity contribution in [2.75, 3.05) is 13.7 Å². The Hall–Kier alpha value is -2.30. The molecule has 3 rings (SSSR count). The predicted octanol–water partition coefficient (Wildman–Crippen LogP) is 2.23. The Labute approximate surface area is 117 Å². The predicted molar refractivity (Wildman–Crippen MR) is 75.6 cm³/mol. The van der Waals surface area contributed by atoms with Crippen LogP contribution >= 0.6 is 0 Å². The Kier molecular flexibility index (Phi) is 3.41. The zero-order valence-electron chi connectivity index (χ0n) is 11.3. The fraction of sp³-hybridized carbons (Fsp3) is 0.333. The van der Waals surface area contributed by atoms with Crippen molar-refractivity contribution in [3.8, 4) is 17.0 Å². The monoisotopic (exact) mass is 271 g/mol. The van der Waals surface area contributed by atoms with Crippen LogP contribution in [0.3, 0.4) is 0 Å². The maximum Gasteiger partial charge on any atom is 0.255 e. The minimum atomic E-state index is -0.0801. The van der Waals surface area contributed by atoms with Gasteiger partial charge in [-0.15, -0.1) is 0 Å². The first-order chi connectivity index (χ1) is 9.78. The molecule has 1 fully saturated rings. The Morgan fingerprint density at radius 2 is 2.35 bits per heavy atom. The highest BCUT2D eigenvalue weighted by Crippen LogP contribution is 2.28. The highest BCUT2D eigenvalue weighted by Gasteiger charge is 2.23. The number of rotatable bonds is 5. The van der Waals surface area contributed by atoms with Crippen LogP contribution in [-0.2, 0) is 0 Å². The SMILES string of the molecule is COc1cccc(-c2[nH]ncc2C(=O)NCC2CC2)c1. The van der Waals surface area contributed by atoms with Gasteiger partial charge in [0.25, 0.3) is 5.91 Å². The number of nitrogens with one attached hydrogen (secondary N) is 2. The van der Waals surface area contributed by atoms with Crippen LogP contribution in [0.2, 0.25) is 0 Å². The van der Waals surface area contributed by atoms with Crippen molar-refractivity contribution in [3.63, 3.8) is 0 Å². The second kappa shape index (κ2) is 5.36. The van der Waals surface area contributed by atoms with E-state index in [-0.39, 0.29) is 5.91 Å². The zero-order chi connectivity index (χ0) is 13.9. The van der Waals surface area contributed by atoms with Crippen molar-refractivity contribution >= 4 is 5.91 Å². The minimum absolute atomic E-state index is 0.0801. The third-order valence-corrected chi connectivity index (χ3v) is 3.49. The van der Waals surface area contributed by atoms with Crippen molar-refractivity contribution < 1.29 is 9.53 Å². The van der Waals surface area contributed by atoms with Crippen LogP contribution in [0.15, 0.2) is 30.5 Å². The summed E-state index contributed by atoms with van der Waals surface area (Å²) in [5, 5.41) is 9.84. The maximum absolute atomic E-state index is 12.2. The first-order valence-corrected chi connectivity index (χ1v) is 6.74. The summed E-state index contributed by atoms with van der Waals surface area (Å²) < 4.78 is 5.21. The number of ether oxygens (including phenoxy) is 1. The number of carbonyl (C=O) groups excluding carboxylic acids is 1. The van der Waals surface area contributed by atoms with Crippen LogP contribution in [0.25, 0.3) is 11.3 Å². The van der Waals surface area contributed by atoms with Gasteiger partial charge in [-0.2, -0.15) is 5.10 Å². The van der Waals surface area contributed by atoms with Gasteiger partial charge in [-0.3, -0.25) is 9.89 Å². The van der Waals surface area contributed by atoms with E-state index in [2.05, 4.69) is 15.5 Å². The zero-order valence-corrected chi connectivity index (χ0v) is 11.3. The first-order valence-electron chi connectivity index (χ1n) is 6.74. The summed E-state index contributed by atoms with van der Waals surface area (Å²) >= 11 is 0. The van der Waals surface area contributed by atoms with Crippen LogP contribution in [0.5, 0.6) is 5.75 Å². The van der Waals surface area contributed by atoms with Crippen molar-refractivity contribution in [1.29, 1.82) is 0 Å². The molecule has 5 nitrogen and oxygen atoms in total. The van der Waals surface area contributed by atoms with E-state index in [1.165, 1.54) is 12.8 Å². The number of hydrogen-bond acceptors (Lipinski definition) is 3. The van der Waals surface area contributed by atoms with Crippen LogP contribution < -0.4 is 10.1 Å². The van der Waals surface area contributed by atoms with Gasteiger partial charge < -0.3 is 10.1 Å². The van der Waals surface area contributed by atoms with Gasteiger partial charge in [0.2, 0.25) is 0 Å². The topological polar surface area (TPSA) is 67.0 Å². The summed E-state index contributed by atoms with van der Waals surface area (Å²) in [6, 6.07) is 7.56. The Balaban J connectivity index is 1.82. The molecule has 20 heavy (non-hydrogen) atoms. The number of hydrogen-bond donors (Lipinski definition) is 2. The van der Waals surface area contributed by atoms with Crippen molar-refractivity contribution in [2.45, 2.75) is 12.8 Å². The molecule has 0 aliphatic heterocycles. The number of benzene rings is 1. The minimum Gasteiger partial charge on any atom is -0.497 e. The highest BCUT2D eigenvalue weighted by atomic mass is 16.5. The van der Waals surface area contributed by atoms with Crippen LogP contribution in [0, 0.1) is 5.92 Å². The van der Waals surface area contributed by atoms with Gasteiger partial charge in [-0.25, -0.2) is 0 Å². The van der Waals surface area contributed by atoms with Crippen LogP contribution in [-0.4, -0.2) is 29.8 Å². The molecule has 2 aromatic rings. The molecule has 0 bridgehead atoms. The second-order valence-electron chi connectivity index (χ2n) is 5.04. The number of aromatic nitrogens is 2. The number of nitrogens with zero attached hydrogens (tertiary/aromatic N) is 1. The molecular weight excluding hydrogens is 254 g/mol. The second-order valence-corrected chi connectivity index (χ2v) is 5.04. The summed E-state index contributed by atoms with van der Waals surface area (Å²) in [4.78, 5) is 12.2. The Morgan fingerprint density at radius 1 is 1.50 bits per heavy atom. The molecular formula is C15H17N3O2. The van der Waals surface area contributed by atoms with E-state index in [1.807, 2.05) is 24.3 Å². The molecule has 5 heteroatoms. The molecule has 104 valence electrons. The quantitative estimate of drug-likeness (QED) is 0.876. The van der Waals surface area contributed by atoms with E-state index >= 15 is 0 Å². The number of carbonyl (C=O) groups is 1. The lowest BCUT2D eigenvalue weighted by Gasteiger charge is -2.06. The van der Waals surface area contributed by atoms with Gasteiger partial charge in [0.15, 0.2) is 0 Å². The smallest absolute Gasteiger partial charge is 0.255 e. The molecule has 0 unspecified atom stereocenters.